The average molecular weight is 770 g/mol. The fraction of sp³-hybridized carbons (Fsp3) is 0.667. The predicted octanol–water partition coefficient (Wildman–Crippen LogP) is 4.06. The number of amides is 5. The van der Waals surface area contributed by atoms with Gasteiger partial charge >= 0.3 is 12.2 Å². The Labute approximate surface area is 318 Å². The SMILES string of the molecule is C[C@H]1CCCCc2cccc3c2CN(C3)C(=O)O[C@@H]2C[C@@H](C(=O)N[C@]34C[C@H]3/C=C\CCCCCS(=O)(=O)NC4=O)N(C2)C(=O)[C@H](C(C)(C)C)NC(=O)OC1. The molecule has 14 nitrogen and oxygen atoms in total. The molecule has 0 spiro atoms. The molecule has 0 radical (unpaired) electrons. The van der Waals surface area contributed by atoms with E-state index in [0.29, 0.717) is 32.4 Å². The molecule has 15 heteroatoms. The van der Waals surface area contributed by atoms with Gasteiger partial charge < -0.3 is 25.0 Å². The van der Waals surface area contributed by atoms with Crippen molar-refractivity contribution in [2.75, 3.05) is 18.9 Å². The number of hydrogen-bond donors (Lipinski definition) is 3. The van der Waals surface area contributed by atoms with Crippen molar-refractivity contribution in [3.63, 3.8) is 0 Å². The van der Waals surface area contributed by atoms with Crippen LogP contribution in [-0.4, -0.2) is 90.8 Å². The molecular formula is C39H55N5O9S. The number of ether oxygens (including phenoxy) is 2. The Kier molecular flexibility index (Phi) is 11.7. The van der Waals surface area contributed by atoms with Crippen molar-refractivity contribution < 1.29 is 41.9 Å². The van der Waals surface area contributed by atoms with E-state index in [9.17, 15) is 32.4 Å². The highest BCUT2D eigenvalue weighted by Crippen LogP contribution is 2.46. The van der Waals surface area contributed by atoms with Crippen molar-refractivity contribution in [2.24, 2.45) is 17.3 Å². The summed E-state index contributed by atoms with van der Waals surface area (Å²) in [5, 5.41) is 5.57. The largest absolute Gasteiger partial charge is 0.449 e. The molecule has 4 bridgehead atoms. The molecule has 2 fully saturated rings. The summed E-state index contributed by atoms with van der Waals surface area (Å²) in [7, 11) is -3.94. The number of carbonyl (C=O) groups excluding carboxylic acids is 5. The number of nitrogens with zero attached hydrogens (tertiary/aromatic N) is 2. The van der Waals surface area contributed by atoms with Gasteiger partial charge in [0.15, 0.2) is 0 Å². The quantitative estimate of drug-likeness (QED) is 0.374. The summed E-state index contributed by atoms with van der Waals surface area (Å²) < 4.78 is 39.4. The average Bonchev–Trinajstić information content (AvgIpc) is 3.40. The second kappa shape index (κ2) is 15.9. The van der Waals surface area contributed by atoms with Gasteiger partial charge in [-0.1, -0.05) is 70.9 Å². The van der Waals surface area contributed by atoms with E-state index in [-0.39, 0.29) is 37.7 Å². The van der Waals surface area contributed by atoms with E-state index in [1.165, 1.54) is 10.5 Å². The molecule has 1 saturated heterocycles. The second-order valence-corrected chi connectivity index (χ2v) is 18.7. The van der Waals surface area contributed by atoms with E-state index < -0.39 is 75.0 Å². The molecule has 1 aliphatic carbocycles. The number of alkyl carbamates (subject to hydrolysis) is 1. The van der Waals surface area contributed by atoms with Crippen LogP contribution in [0.15, 0.2) is 30.4 Å². The third kappa shape index (κ3) is 9.03. The molecule has 6 atom stereocenters. The number of carbonyl (C=O) groups is 5. The van der Waals surface area contributed by atoms with Crippen LogP contribution in [0.25, 0.3) is 0 Å². The molecule has 0 aromatic heterocycles. The van der Waals surface area contributed by atoms with Gasteiger partial charge in [0.2, 0.25) is 21.8 Å². The number of benzene rings is 1. The van der Waals surface area contributed by atoms with Crippen molar-refractivity contribution in [3.05, 3.63) is 47.0 Å². The summed E-state index contributed by atoms with van der Waals surface area (Å²) >= 11 is 0. The van der Waals surface area contributed by atoms with Crippen molar-refractivity contribution in [1.29, 1.82) is 0 Å². The molecule has 54 heavy (non-hydrogen) atoms. The lowest BCUT2D eigenvalue weighted by atomic mass is 9.85. The van der Waals surface area contributed by atoms with Gasteiger partial charge in [0.05, 0.1) is 18.9 Å². The van der Waals surface area contributed by atoms with Gasteiger partial charge in [-0.2, -0.15) is 0 Å². The van der Waals surface area contributed by atoms with Crippen LogP contribution in [-0.2, 0) is 53.4 Å². The van der Waals surface area contributed by atoms with Crippen LogP contribution in [0.3, 0.4) is 0 Å². The zero-order valence-corrected chi connectivity index (χ0v) is 32.7. The number of allylic oxidation sites excluding steroid dienone is 1. The van der Waals surface area contributed by atoms with Crippen LogP contribution >= 0.6 is 0 Å². The highest BCUT2D eigenvalue weighted by atomic mass is 32.2. The summed E-state index contributed by atoms with van der Waals surface area (Å²) in [5.74, 6) is -2.65. The third-order valence-electron chi connectivity index (χ3n) is 11.4. The standard InChI is InChI=1S/C39H55N5O9S/c1-25-13-9-10-14-26-15-12-16-27-21-43(23-30(26)27)37(49)53-29-19-31(44(22-29)34(46)32(38(2,3)4)40-36(48)52-24-25)33(45)41-39-20-28(39)17-8-6-5-7-11-18-54(50,51)42-35(39)47/h8,12,15-17,25,28-29,31-32H,5-7,9-11,13-14,18-24H2,1-4H3,(H,40,48)(H,41,45)(H,42,47)/b17-8-/t25-,28+,29+,31-,32+,39+/m0/s1. The molecule has 6 rings (SSSR count). The molecule has 1 aromatic rings. The van der Waals surface area contributed by atoms with Crippen molar-refractivity contribution >= 4 is 39.9 Å². The Hall–Kier alpha value is -4.14. The normalized spacial score (nSPS) is 31.7. The summed E-state index contributed by atoms with van der Waals surface area (Å²) in [6.45, 7) is 8.18. The molecule has 296 valence electrons. The first-order valence-corrected chi connectivity index (χ1v) is 21.0. The highest BCUT2D eigenvalue weighted by molar-refractivity contribution is 7.90. The van der Waals surface area contributed by atoms with E-state index in [2.05, 4.69) is 21.4 Å². The van der Waals surface area contributed by atoms with Gasteiger partial charge in [-0.3, -0.25) is 24.0 Å². The molecule has 5 aliphatic rings. The summed E-state index contributed by atoms with van der Waals surface area (Å²) in [5.41, 5.74) is 0.989. The Morgan fingerprint density at radius 2 is 1.80 bits per heavy atom. The number of cyclic esters (lactones) is 1. The first kappa shape index (κ1) is 39.6. The van der Waals surface area contributed by atoms with E-state index >= 15 is 0 Å². The van der Waals surface area contributed by atoms with Gasteiger partial charge in [0.1, 0.15) is 23.7 Å². The molecule has 1 saturated carbocycles. The van der Waals surface area contributed by atoms with Crippen molar-refractivity contribution in [2.45, 2.75) is 129 Å². The van der Waals surface area contributed by atoms with Gasteiger partial charge in [-0.05, 0) is 73.0 Å². The summed E-state index contributed by atoms with van der Waals surface area (Å²) in [4.78, 5) is 72.2. The molecule has 4 aliphatic heterocycles. The Bertz CT molecular complexity index is 1770. The van der Waals surface area contributed by atoms with Crippen LogP contribution in [0.1, 0.15) is 102 Å². The Morgan fingerprint density at radius 3 is 2.57 bits per heavy atom. The smallest absolute Gasteiger partial charge is 0.410 e. The van der Waals surface area contributed by atoms with Crippen LogP contribution in [0, 0.1) is 17.3 Å². The van der Waals surface area contributed by atoms with E-state index in [4.69, 9.17) is 9.47 Å². The summed E-state index contributed by atoms with van der Waals surface area (Å²) in [6.07, 6.45) is 7.89. The third-order valence-corrected chi connectivity index (χ3v) is 12.7. The molecule has 1 aromatic carbocycles. The lowest BCUT2D eigenvalue weighted by molar-refractivity contribution is -0.143. The fourth-order valence-corrected chi connectivity index (χ4v) is 9.24. The zero-order valence-electron chi connectivity index (χ0n) is 31.9. The second-order valence-electron chi connectivity index (χ2n) is 16.9. The number of aryl methyl sites for hydroxylation is 1. The zero-order chi connectivity index (χ0) is 38.8. The van der Waals surface area contributed by atoms with Gasteiger partial charge in [0, 0.05) is 25.4 Å². The molecule has 4 heterocycles. The van der Waals surface area contributed by atoms with Gasteiger partial charge in [-0.25, -0.2) is 18.0 Å². The molecule has 3 N–H and O–H groups in total. The van der Waals surface area contributed by atoms with Gasteiger partial charge in [-0.15, -0.1) is 0 Å². The minimum Gasteiger partial charge on any atom is -0.449 e. The van der Waals surface area contributed by atoms with Crippen LogP contribution in [0.2, 0.25) is 0 Å². The number of fused-ring (bicyclic) bond motifs is 4. The predicted molar refractivity (Wildman–Crippen MR) is 199 cm³/mol. The molecular weight excluding hydrogens is 715 g/mol. The maximum absolute atomic E-state index is 14.5. The Morgan fingerprint density at radius 1 is 1.02 bits per heavy atom. The minimum absolute atomic E-state index is 0.0648. The number of nitrogens with one attached hydrogen (secondary N) is 3. The van der Waals surface area contributed by atoms with E-state index in [1.807, 2.05) is 31.2 Å². The first-order chi connectivity index (χ1) is 25.6. The van der Waals surface area contributed by atoms with Crippen LogP contribution in [0.4, 0.5) is 9.59 Å². The van der Waals surface area contributed by atoms with E-state index in [1.54, 1.807) is 25.7 Å². The topological polar surface area (TPSA) is 181 Å². The summed E-state index contributed by atoms with van der Waals surface area (Å²) in [6, 6.07) is 3.79. The first-order valence-electron chi connectivity index (χ1n) is 19.4. The van der Waals surface area contributed by atoms with Crippen molar-refractivity contribution in [3.8, 4) is 0 Å². The lowest BCUT2D eigenvalue weighted by Gasteiger charge is -2.35. The minimum atomic E-state index is -3.94. The monoisotopic (exact) mass is 769 g/mol. The Balaban J connectivity index is 1.28. The van der Waals surface area contributed by atoms with Crippen LogP contribution < -0.4 is 15.4 Å². The number of rotatable bonds is 2. The van der Waals surface area contributed by atoms with Crippen molar-refractivity contribution in [1.82, 2.24) is 25.2 Å². The fourth-order valence-electron chi connectivity index (χ4n) is 8.09. The number of sulfonamides is 1. The maximum atomic E-state index is 14.5. The molecule has 0 unspecified atom stereocenters. The van der Waals surface area contributed by atoms with Gasteiger partial charge in [0.25, 0.3) is 5.91 Å². The number of hydrogen-bond acceptors (Lipinski definition) is 9. The maximum Gasteiger partial charge on any atom is 0.410 e. The van der Waals surface area contributed by atoms with Crippen LogP contribution in [0.5, 0.6) is 0 Å². The highest BCUT2D eigenvalue weighted by Gasteiger charge is 2.62. The van der Waals surface area contributed by atoms with E-state index in [0.717, 1.165) is 43.2 Å². The molecule has 5 amide bonds. The lowest BCUT2D eigenvalue weighted by Crippen LogP contribution is -2.60.